The highest BCUT2D eigenvalue weighted by atomic mass is 16.5. The average Bonchev–Trinajstić information content (AvgIpc) is 3.37. The van der Waals surface area contributed by atoms with E-state index in [4.69, 9.17) is 9.47 Å². The molecule has 5 rings (SSSR count). The Hall–Kier alpha value is -3.25. The van der Waals surface area contributed by atoms with Gasteiger partial charge in [-0.1, -0.05) is 18.2 Å². The minimum absolute atomic E-state index is 0.0484. The molecule has 2 aromatic carbocycles. The molecular weight excluding hydrogens is 462 g/mol. The maximum Gasteiger partial charge on any atom is 0.244 e. The molecule has 1 saturated carbocycles. The number of para-hydroxylation sites is 1. The molecule has 6 nitrogen and oxygen atoms in total. The molecule has 0 radical (unpaired) electrons. The number of benzene rings is 2. The van der Waals surface area contributed by atoms with Crippen LogP contribution in [0.15, 0.2) is 54.7 Å². The fraction of sp³-hybridized carbons (Fsp3) is 0.452. The lowest BCUT2D eigenvalue weighted by molar-refractivity contribution is -0.117. The van der Waals surface area contributed by atoms with Crippen molar-refractivity contribution in [2.24, 2.45) is 5.92 Å². The Morgan fingerprint density at radius 1 is 1.03 bits per heavy atom. The van der Waals surface area contributed by atoms with Crippen molar-refractivity contribution in [1.29, 1.82) is 0 Å². The molecule has 2 fully saturated rings. The fourth-order valence-corrected chi connectivity index (χ4v) is 6.10. The summed E-state index contributed by atoms with van der Waals surface area (Å²) in [7, 11) is 3.26. The first kappa shape index (κ1) is 25.4. The summed E-state index contributed by atoms with van der Waals surface area (Å²) in [4.78, 5) is 18.7. The topological polar surface area (TPSA) is 66.6 Å². The zero-order valence-electron chi connectivity index (χ0n) is 22.0. The zero-order chi connectivity index (χ0) is 25.6. The quantitative estimate of drug-likeness (QED) is 0.386. The van der Waals surface area contributed by atoms with Gasteiger partial charge in [0, 0.05) is 41.3 Å². The van der Waals surface area contributed by atoms with Crippen molar-refractivity contribution in [2.45, 2.75) is 50.5 Å². The third-order valence-electron chi connectivity index (χ3n) is 8.21. The number of hydrogen-bond donors (Lipinski definition) is 2. The van der Waals surface area contributed by atoms with Gasteiger partial charge in [0.15, 0.2) is 0 Å². The highest BCUT2D eigenvalue weighted by molar-refractivity contribution is 5.92. The Bertz CT molecular complexity index is 1220. The van der Waals surface area contributed by atoms with Gasteiger partial charge in [-0.15, -0.1) is 0 Å². The van der Waals surface area contributed by atoms with Gasteiger partial charge < -0.3 is 24.7 Å². The van der Waals surface area contributed by atoms with E-state index in [1.807, 2.05) is 18.2 Å². The molecule has 1 aliphatic heterocycles. The number of carbonyl (C=O) groups is 1. The molecule has 196 valence electrons. The van der Waals surface area contributed by atoms with Crippen molar-refractivity contribution in [3.05, 3.63) is 65.9 Å². The first-order valence-electron chi connectivity index (χ1n) is 13.6. The fourth-order valence-electron chi connectivity index (χ4n) is 6.10. The Labute approximate surface area is 220 Å². The van der Waals surface area contributed by atoms with Crippen LogP contribution in [0.3, 0.4) is 0 Å². The molecule has 1 amide bonds. The van der Waals surface area contributed by atoms with Crippen molar-refractivity contribution in [3.63, 3.8) is 0 Å². The summed E-state index contributed by atoms with van der Waals surface area (Å²) in [6, 6.07) is 14.5. The Kier molecular flexibility index (Phi) is 8.15. The van der Waals surface area contributed by atoms with Crippen LogP contribution in [0.4, 0.5) is 0 Å². The van der Waals surface area contributed by atoms with Crippen molar-refractivity contribution in [2.75, 3.05) is 33.9 Å². The molecule has 0 spiro atoms. The number of fused-ring (bicyclic) bond motifs is 1. The molecule has 0 unspecified atom stereocenters. The number of ether oxygens (including phenoxy) is 2. The lowest BCUT2D eigenvalue weighted by Crippen LogP contribution is -2.41. The van der Waals surface area contributed by atoms with Gasteiger partial charge >= 0.3 is 0 Å². The number of aromatic amines is 1. The van der Waals surface area contributed by atoms with Gasteiger partial charge in [-0.25, -0.2) is 0 Å². The van der Waals surface area contributed by atoms with E-state index in [-0.39, 0.29) is 11.9 Å². The van der Waals surface area contributed by atoms with E-state index in [0.717, 1.165) is 35.8 Å². The van der Waals surface area contributed by atoms with E-state index in [1.54, 1.807) is 26.4 Å². The molecule has 6 heteroatoms. The van der Waals surface area contributed by atoms with Crippen LogP contribution in [0.25, 0.3) is 17.0 Å². The molecule has 37 heavy (non-hydrogen) atoms. The van der Waals surface area contributed by atoms with Crippen LogP contribution < -0.4 is 14.8 Å². The summed E-state index contributed by atoms with van der Waals surface area (Å²) in [6.45, 7) is 3.55. The highest BCUT2D eigenvalue weighted by Crippen LogP contribution is 2.34. The first-order valence-corrected chi connectivity index (χ1v) is 13.6. The second-order valence-corrected chi connectivity index (χ2v) is 10.5. The summed E-state index contributed by atoms with van der Waals surface area (Å²) in [6.07, 6.45) is 12.6. The van der Waals surface area contributed by atoms with E-state index in [0.29, 0.717) is 5.92 Å². The second-order valence-electron chi connectivity index (χ2n) is 10.5. The largest absolute Gasteiger partial charge is 0.497 e. The first-order chi connectivity index (χ1) is 18.1. The maximum atomic E-state index is 12.6. The van der Waals surface area contributed by atoms with Crippen LogP contribution in [-0.2, 0) is 4.79 Å². The number of likely N-dealkylation sites (tertiary alicyclic amines) is 1. The summed E-state index contributed by atoms with van der Waals surface area (Å²) < 4.78 is 10.7. The van der Waals surface area contributed by atoms with E-state index in [1.165, 1.54) is 61.8 Å². The van der Waals surface area contributed by atoms with Gasteiger partial charge in [-0.3, -0.25) is 4.79 Å². The van der Waals surface area contributed by atoms with E-state index >= 15 is 0 Å². The maximum absolute atomic E-state index is 12.6. The van der Waals surface area contributed by atoms with Crippen LogP contribution in [0.1, 0.15) is 55.6 Å². The lowest BCUT2D eigenvalue weighted by atomic mass is 9.84. The van der Waals surface area contributed by atoms with Crippen molar-refractivity contribution in [1.82, 2.24) is 15.2 Å². The third-order valence-corrected chi connectivity index (χ3v) is 8.21. The number of rotatable bonds is 8. The number of methoxy groups -OCH3 is 2. The standard InChI is InChI=1S/C31H39N3O3/c1-36-26-12-13-30(37-2)24(19-26)9-14-31(35)33-25-10-7-22(8-11-25)21-34-17-15-23(16-18-34)28-20-32-29-6-4-3-5-27(28)29/h3-6,9,12-14,19-20,22-23,25,32H,7-8,10-11,15-18,21H2,1-2H3,(H,33,35). The SMILES string of the molecule is COc1ccc(OC)c(C=CC(=O)NC2CCC(CN3CCC(c4c[nH]c5ccccc45)CC3)CC2)c1. The Balaban J connectivity index is 1.05. The van der Waals surface area contributed by atoms with Crippen LogP contribution in [0, 0.1) is 5.92 Å². The van der Waals surface area contributed by atoms with Gasteiger partial charge in [0.1, 0.15) is 11.5 Å². The minimum atomic E-state index is -0.0484. The van der Waals surface area contributed by atoms with E-state index in [2.05, 4.69) is 45.7 Å². The zero-order valence-corrected chi connectivity index (χ0v) is 22.0. The average molecular weight is 502 g/mol. The highest BCUT2D eigenvalue weighted by Gasteiger charge is 2.27. The van der Waals surface area contributed by atoms with Gasteiger partial charge in [0.25, 0.3) is 0 Å². The summed E-state index contributed by atoms with van der Waals surface area (Å²) >= 11 is 0. The van der Waals surface area contributed by atoms with Crippen molar-refractivity contribution in [3.8, 4) is 11.5 Å². The Morgan fingerprint density at radius 2 is 1.81 bits per heavy atom. The third kappa shape index (κ3) is 6.19. The van der Waals surface area contributed by atoms with Crippen molar-refractivity contribution < 1.29 is 14.3 Å². The van der Waals surface area contributed by atoms with Crippen molar-refractivity contribution >= 4 is 22.9 Å². The predicted molar refractivity (Wildman–Crippen MR) is 149 cm³/mol. The minimum Gasteiger partial charge on any atom is -0.497 e. The number of H-pyrrole nitrogens is 1. The molecule has 0 bridgehead atoms. The second kappa shape index (κ2) is 11.9. The van der Waals surface area contributed by atoms with Crippen LogP contribution in [0.2, 0.25) is 0 Å². The summed E-state index contributed by atoms with van der Waals surface area (Å²) in [5.41, 5.74) is 3.57. The number of carbonyl (C=O) groups excluding carboxylic acids is 1. The van der Waals surface area contributed by atoms with Gasteiger partial charge in [-0.05, 0) is 99.4 Å². The van der Waals surface area contributed by atoms with Gasteiger partial charge in [0.05, 0.1) is 14.2 Å². The van der Waals surface area contributed by atoms with Crippen LogP contribution in [-0.4, -0.2) is 55.7 Å². The molecular formula is C31H39N3O3. The predicted octanol–water partition coefficient (Wildman–Crippen LogP) is 5.75. The molecule has 1 aromatic heterocycles. The smallest absolute Gasteiger partial charge is 0.244 e. The Morgan fingerprint density at radius 3 is 2.57 bits per heavy atom. The summed E-state index contributed by atoms with van der Waals surface area (Å²) in [5.74, 6) is 2.79. The number of amides is 1. The molecule has 2 aliphatic rings. The lowest BCUT2D eigenvalue weighted by Gasteiger charge is -2.36. The van der Waals surface area contributed by atoms with Crippen LogP contribution >= 0.6 is 0 Å². The van der Waals surface area contributed by atoms with Crippen LogP contribution in [0.5, 0.6) is 11.5 Å². The number of nitrogens with zero attached hydrogens (tertiary/aromatic N) is 1. The normalized spacial score (nSPS) is 21.4. The van der Waals surface area contributed by atoms with Gasteiger partial charge in [-0.2, -0.15) is 0 Å². The molecule has 2 heterocycles. The molecule has 3 aromatic rings. The van der Waals surface area contributed by atoms with E-state index < -0.39 is 0 Å². The number of piperidine rings is 1. The monoisotopic (exact) mass is 501 g/mol. The number of nitrogens with one attached hydrogen (secondary N) is 2. The molecule has 1 saturated heterocycles. The van der Waals surface area contributed by atoms with E-state index in [9.17, 15) is 4.79 Å². The molecule has 1 aliphatic carbocycles. The molecule has 2 N–H and O–H groups in total. The summed E-state index contributed by atoms with van der Waals surface area (Å²) in [5, 5.41) is 4.59. The molecule has 0 atom stereocenters. The number of hydrogen-bond acceptors (Lipinski definition) is 4. The number of aromatic nitrogens is 1. The van der Waals surface area contributed by atoms with Gasteiger partial charge in [0.2, 0.25) is 5.91 Å².